The summed E-state index contributed by atoms with van der Waals surface area (Å²) >= 11 is 0. The Morgan fingerprint density at radius 1 is 0.483 bits per heavy atom. The van der Waals surface area contributed by atoms with Gasteiger partial charge in [-0.1, -0.05) is 168 Å². The van der Waals surface area contributed by atoms with Gasteiger partial charge >= 0.3 is 23.5 Å². The largest absolute Gasteiger partial charge is 0.423 e. The van der Waals surface area contributed by atoms with E-state index in [1.165, 1.54) is 89.9 Å². The number of aliphatic hydroxyl groups is 8. The second-order valence-electron chi connectivity index (χ2n) is 16.4. The number of carbonyl (C=O) groups is 2. The monoisotopic (exact) mass is 837 g/mol. The van der Waals surface area contributed by atoms with Crippen LogP contribution in [0, 0.1) is 0 Å². The maximum Gasteiger partial charge on any atom is 0.313 e. The Balaban J connectivity index is 2.06. The number of ether oxygens (including phenoxy) is 5. The predicted octanol–water partition coefficient (Wildman–Crippen LogP) is 5.26. The van der Waals surface area contributed by atoms with Crippen LogP contribution in [0.4, 0.5) is 0 Å². The summed E-state index contributed by atoms with van der Waals surface area (Å²) in [5.41, 5.74) is 0. The number of aliphatic hydroxyl groups excluding tert-OH is 8. The lowest BCUT2D eigenvalue weighted by Crippen LogP contribution is -2.78. The second kappa shape index (κ2) is 29.7. The van der Waals surface area contributed by atoms with Crippen molar-refractivity contribution in [3.8, 4) is 0 Å². The Kier molecular flexibility index (Phi) is 27.0. The third-order valence-electron chi connectivity index (χ3n) is 11.4. The van der Waals surface area contributed by atoms with Crippen molar-refractivity contribution in [3.63, 3.8) is 0 Å². The topological polar surface area (TPSA) is 242 Å². The molecule has 342 valence electrons. The molecule has 0 unspecified atom stereocenters. The van der Waals surface area contributed by atoms with Gasteiger partial charge in [0.05, 0.1) is 0 Å². The second-order valence-corrected chi connectivity index (χ2v) is 16.4. The van der Waals surface area contributed by atoms with Gasteiger partial charge in [0.15, 0.2) is 25.0 Å². The number of hydrogen-bond donors (Lipinski definition) is 8. The van der Waals surface area contributed by atoms with E-state index < -0.39 is 79.5 Å². The first kappa shape index (κ1) is 52.6. The number of esters is 2. The van der Waals surface area contributed by atoms with Gasteiger partial charge < -0.3 is 64.5 Å². The predicted molar refractivity (Wildman–Crippen MR) is 214 cm³/mol. The third kappa shape index (κ3) is 17.5. The van der Waals surface area contributed by atoms with Crippen LogP contribution in [0.2, 0.25) is 0 Å². The summed E-state index contributed by atoms with van der Waals surface area (Å²) in [6, 6.07) is 0. The Hall–Kier alpha value is -1.50. The highest BCUT2D eigenvalue weighted by Crippen LogP contribution is 2.45. The third-order valence-corrected chi connectivity index (χ3v) is 11.4. The standard InChI is InChI=1S/C43H80O15/c1-3-5-7-9-11-13-15-17-19-21-23-25-27-29-32(45)55-42(31-44)43(38(51)37(50)40(53)57-42,58-41-36(49)34(47)35(48)39(52)54-41)56-33(46)30-28-26-24-22-20-18-16-14-12-10-8-6-4-2/h34-41,44,47-53H,3-31H2,1-2H3/t34-,35-,36+,37+,38-,39-,40+,41+,42-,43+/m0/s1. The lowest BCUT2D eigenvalue weighted by molar-refractivity contribution is -0.505. The average molecular weight is 837 g/mol. The fourth-order valence-electron chi connectivity index (χ4n) is 7.68. The smallest absolute Gasteiger partial charge is 0.313 e. The number of hydrogen-bond acceptors (Lipinski definition) is 15. The van der Waals surface area contributed by atoms with Crippen molar-refractivity contribution >= 4 is 11.9 Å². The minimum absolute atomic E-state index is 0.202. The molecule has 2 rings (SSSR count). The zero-order chi connectivity index (χ0) is 42.8. The molecule has 8 N–H and O–H groups in total. The highest BCUT2D eigenvalue weighted by atomic mass is 16.9. The quantitative estimate of drug-likeness (QED) is 0.0239. The summed E-state index contributed by atoms with van der Waals surface area (Å²) < 4.78 is 27.5. The van der Waals surface area contributed by atoms with Crippen LogP contribution >= 0.6 is 0 Å². The lowest BCUT2D eigenvalue weighted by Gasteiger charge is -2.54. The van der Waals surface area contributed by atoms with E-state index in [2.05, 4.69) is 13.8 Å². The van der Waals surface area contributed by atoms with Gasteiger partial charge in [0, 0.05) is 12.8 Å². The van der Waals surface area contributed by atoms with Crippen LogP contribution in [0.25, 0.3) is 0 Å². The van der Waals surface area contributed by atoms with Gasteiger partial charge in [0.2, 0.25) is 0 Å². The molecule has 0 saturated carbocycles. The molecule has 0 aromatic carbocycles. The first-order valence-corrected chi connectivity index (χ1v) is 22.7. The van der Waals surface area contributed by atoms with Gasteiger partial charge in [0.25, 0.3) is 0 Å². The van der Waals surface area contributed by atoms with Crippen molar-refractivity contribution in [2.24, 2.45) is 0 Å². The van der Waals surface area contributed by atoms with Gasteiger partial charge in [-0.25, -0.2) is 0 Å². The van der Waals surface area contributed by atoms with Crippen LogP contribution in [0.15, 0.2) is 0 Å². The van der Waals surface area contributed by atoms with Crippen LogP contribution in [0.3, 0.4) is 0 Å². The summed E-state index contributed by atoms with van der Waals surface area (Å²) in [7, 11) is 0. The number of rotatable bonds is 33. The molecule has 58 heavy (non-hydrogen) atoms. The van der Waals surface area contributed by atoms with Crippen molar-refractivity contribution in [1.82, 2.24) is 0 Å². The molecule has 2 aliphatic heterocycles. The molecule has 0 radical (unpaired) electrons. The summed E-state index contributed by atoms with van der Waals surface area (Å²) in [6.07, 6.45) is 9.58. The molecule has 0 aromatic heterocycles. The van der Waals surface area contributed by atoms with E-state index in [9.17, 15) is 50.4 Å². The van der Waals surface area contributed by atoms with Crippen LogP contribution in [-0.2, 0) is 33.3 Å². The average Bonchev–Trinajstić information content (AvgIpc) is 3.20. The minimum Gasteiger partial charge on any atom is -0.423 e. The van der Waals surface area contributed by atoms with E-state index in [1.54, 1.807) is 0 Å². The van der Waals surface area contributed by atoms with Crippen LogP contribution in [0.1, 0.15) is 194 Å². The van der Waals surface area contributed by atoms with Gasteiger partial charge in [-0.2, -0.15) is 0 Å². The van der Waals surface area contributed by atoms with Gasteiger partial charge in [-0.05, 0) is 12.8 Å². The highest BCUT2D eigenvalue weighted by molar-refractivity contribution is 5.71. The summed E-state index contributed by atoms with van der Waals surface area (Å²) in [6.45, 7) is 3.01. The molecule has 2 heterocycles. The van der Waals surface area contributed by atoms with Crippen molar-refractivity contribution < 1.29 is 74.1 Å². The van der Waals surface area contributed by atoms with E-state index in [0.717, 1.165) is 51.4 Å². The first-order chi connectivity index (χ1) is 27.9. The Morgan fingerprint density at radius 2 is 0.862 bits per heavy atom. The van der Waals surface area contributed by atoms with Crippen molar-refractivity contribution in [2.45, 2.75) is 255 Å². The normalized spacial score (nSPS) is 30.0. The summed E-state index contributed by atoms with van der Waals surface area (Å²) in [5, 5.41) is 84.9. The molecular formula is C43H80O15. The van der Waals surface area contributed by atoms with Crippen molar-refractivity contribution in [2.75, 3.05) is 6.61 Å². The highest BCUT2D eigenvalue weighted by Gasteiger charge is 2.73. The number of unbranched alkanes of at least 4 members (excludes halogenated alkanes) is 24. The fraction of sp³-hybridized carbons (Fsp3) is 0.953. The maximum absolute atomic E-state index is 13.5. The zero-order valence-corrected chi connectivity index (χ0v) is 35.6. The van der Waals surface area contributed by atoms with Crippen LogP contribution < -0.4 is 0 Å². The Morgan fingerprint density at radius 3 is 1.26 bits per heavy atom. The minimum atomic E-state index is -3.23. The van der Waals surface area contributed by atoms with Crippen LogP contribution in [-0.4, -0.2) is 120 Å². The van der Waals surface area contributed by atoms with Gasteiger partial charge in [-0.15, -0.1) is 0 Å². The Bertz CT molecular complexity index is 1080. The van der Waals surface area contributed by atoms with Crippen LogP contribution in [0.5, 0.6) is 0 Å². The fourth-order valence-corrected chi connectivity index (χ4v) is 7.68. The van der Waals surface area contributed by atoms with Crippen molar-refractivity contribution in [1.29, 1.82) is 0 Å². The molecule has 10 atom stereocenters. The van der Waals surface area contributed by atoms with Crippen molar-refractivity contribution in [3.05, 3.63) is 0 Å². The SMILES string of the molecule is CCCCCCCCCCCCCCCC(=O)O[C@@]1(CO)O[C@@H](O)[C@H](O)[C@H](O)[C@@]1(OC(=O)CCCCCCCCCCCCCCC)O[C@H]1O[C@H](O)[C@@H](O)[C@H](O)[C@H]1O. The molecule has 15 nitrogen and oxygen atoms in total. The summed E-state index contributed by atoms with van der Waals surface area (Å²) in [5.74, 6) is -8.31. The zero-order valence-electron chi connectivity index (χ0n) is 35.6. The van der Waals surface area contributed by atoms with E-state index in [0.29, 0.717) is 25.7 Å². The number of carbonyl (C=O) groups excluding carboxylic acids is 2. The van der Waals surface area contributed by atoms with E-state index >= 15 is 0 Å². The molecule has 2 fully saturated rings. The molecule has 15 heteroatoms. The molecule has 0 spiro atoms. The molecule has 0 amide bonds. The lowest BCUT2D eigenvalue weighted by atomic mass is 9.90. The van der Waals surface area contributed by atoms with E-state index in [1.807, 2.05) is 0 Å². The molecule has 2 saturated heterocycles. The maximum atomic E-state index is 13.5. The van der Waals surface area contributed by atoms with E-state index in [4.69, 9.17) is 23.7 Å². The molecule has 0 aliphatic carbocycles. The molecule has 0 aromatic rings. The summed E-state index contributed by atoms with van der Waals surface area (Å²) in [4.78, 5) is 26.8. The Labute approximate surface area is 346 Å². The van der Waals surface area contributed by atoms with E-state index in [-0.39, 0.29) is 12.8 Å². The first-order valence-electron chi connectivity index (χ1n) is 22.7. The molecular weight excluding hydrogens is 756 g/mol. The van der Waals surface area contributed by atoms with Gasteiger partial charge in [0.1, 0.15) is 31.0 Å². The molecule has 2 aliphatic rings. The van der Waals surface area contributed by atoms with Gasteiger partial charge in [-0.3, -0.25) is 9.59 Å². The molecule has 0 bridgehead atoms.